The van der Waals surface area contributed by atoms with Gasteiger partial charge in [-0.3, -0.25) is 4.79 Å². The lowest BCUT2D eigenvalue weighted by Crippen LogP contribution is -2.23. The van der Waals surface area contributed by atoms with Crippen LogP contribution in [0.2, 0.25) is 0 Å². The van der Waals surface area contributed by atoms with Crippen LogP contribution in [-0.2, 0) is 6.42 Å². The number of nitrogens with one attached hydrogen (secondary N) is 2. The van der Waals surface area contributed by atoms with Gasteiger partial charge in [-0.15, -0.1) is 0 Å². The number of rotatable bonds is 4. The van der Waals surface area contributed by atoms with Crippen molar-refractivity contribution in [2.75, 3.05) is 11.9 Å². The lowest BCUT2D eigenvalue weighted by Gasteiger charge is -2.24. The number of fused-ring (bicyclic) bond motifs is 1. The van der Waals surface area contributed by atoms with Crippen LogP contribution < -0.4 is 10.6 Å². The first kappa shape index (κ1) is 13.7. The highest BCUT2D eigenvalue weighted by Gasteiger charge is 2.22. The number of aryl methyl sites for hydroxylation is 1. The fraction of sp³-hybridized carbons (Fsp3) is 0.353. The molecule has 0 saturated heterocycles. The standard InChI is InChI=1S/C17H20N2O2/c1-2-18-17(20)12-5-3-6-13(11-12)19-15-7-4-8-16-14(15)9-10-21-16/h3,5-6,9-11,15,19H,2,4,7-8H2,1H3,(H,18,20). The molecule has 4 nitrogen and oxygen atoms in total. The van der Waals surface area contributed by atoms with E-state index in [0.717, 1.165) is 30.7 Å². The molecule has 21 heavy (non-hydrogen) atoms. The summed E-state index contributed by atoms with van der Waals surface area (Å²) >= 11 is 0. The van der Waals surface area contributed by atoms with E-state index in [2.05, 4.69) is 10.6 Å². The molecule has 0 saturated carbocycles. The number of carbonyl (C=O) groups is 1. The van der Waals surface area contributed by atoms with E-state index in [9.17, 15) is 4.79 Å². The fourth-order valence-corrected chi connectivity index (χ4v) is 2.85. The smallest absolute Gasteiger partial charge is 0.251 e. The minimum absolute atomic E-state index is 0.0335. The van der Waals surface area contributed by atoms with Crippen molar-refractivity contribution < 1.29 is 9.21 Å². The molecule has 110 valence electrons. The molecule has 0 radical (unpaired) electrons. The van der Waals surface area contributed by atoms with Gasteiger partial charge in [0.25, 0.3) is 5.91 Å². The number of carbonyl (C=O) groups excluding carboxylic acids is 1. The van der Waals surface area contributed by atoms with Gasteiger partial charge < -0.3 is 15.1 Å². The lowest BCUT2D eigenvalue weighted by molar-refractivity contribution is 0.0956. The number of hydrogen-bond acceptors (Lipinski definition) is 3. The summed E-state index contributed by atoms with van der Waals surface area (Å²) in [6, 6.07) is 9.94. The van der Waals surface area contributed by atoms with Crippen LogP contribution in [0.5, 0.6) is 0 Å². The molecule has 0 spiro atoms. The van der Waals surface area contributed by atoms with Gasteiger partial charge in [0.05, 0.1) is 12.3 Å². The molecular weight excluding hydrogens is 264 g/mol. The van der Waals surface area contributed by atoms with E-state index in [-0.39, 0.29) is 11.9 Å². The van der Waals surface area contributed by atoms with Crippen LogP contribution in [-0.4, -0.2) is 12.5 Å². The van der Waals surface area contributed by atoms with Gasteiger partial charge in [-0.2, -0.15) is 0 Å². The fourth-order valence-electron chi connectivity index (χ4n) is 2.85. The van der Waals surface area contributed by atoms with Crippen molar-refractivity contribution in [1.29, 1.82) is 0 Å². The second-order valence-corrected chi connectivity index (χ2v) is 5.33. The van der Waals surface area contributed by atoms with Crippen molar-refractivity contribution in [3.05, 3.63) is 53.5 Å². The summed E-state index contributed by atoms with van der Waals surface area (Å²) in [5, 5.41) is 6.34. The van der Waals surface area contributed by atoms with Crippen molar-refractivity contribution in [3.63, 3.8) is 0 Å². The first-order valence-corrected chi connectivity index (χ1v) is 7.49. The predicted octanol–water partition coefficient (Wildman–Crippen LogP) is 3.52. The van der Waals surface area contributed by atoms with E-state index in [0.29, 0.717) is 12.1 Å². The normalized spacial score (nSPS) is 17.1. The Labute approximate surface area is 124 Å². The first-order valence-electron chi connectivity index (χ1n) is 7.49. The predicted molar refractivity (Wildman–Crippen MR) is 82.5 cm³/mol. The SMILES string of the molecule is CCNC(=O)c1cccc(NC2CCCc3occc32)c1. The van der Waals surface area contributed by atoms with E-state index in [1.165, 1.54) is 5.56 Å². The molecule has 4 heteroatoms. The number of furan rings is 1. The Morgan fingerprint density at radius 1 is 1.38 bits per heavy atom. The third kappa shape index (κ3) is 2.94. The zero-order valence-corrected chi connectivity index (χ0v) is 12.2. The molecule has 1 heterocycles. The van der Waals surface area contributed by atoms with Gasteiger partial charge in [-0.1, -0.05) is 6.07 Å². The molecule has 1 aliphatic carbocycles. The van der Waals surface area contributed by atoms with E-state index < -0.39 is 0 Å². The van der Waals surface area contributed by atoms with E-state index in [4.69, 9.17) is 4.42 Å². The quantitative estimate of drug-likeness (QED) is 0.903. The third-order valence-electron chi connectivity index (χ3n) is 3.85. The van der Waals surface area contributed by atoms with E-state index in [1.54, 1.807) is 6.26 Å². The van der Waals surface area contributed by atoms with Crippen molar-refractivity contribution in [3.8, 4) is 0 Å². The number of hydrogen-bond donors (Lipinski definition) is 2. The van der Waals surface area contributed by atoms with Crippen LogP contribution in [0.1, 0.15) is 47.5 Å². The van der Waals surface area contributed by atoms with Crippen LogP contribution in [0.15, 0.2) is 41.0 Å². The summed E-state index contributed by atoms with van der Waals surface area (Å²) in [4.78, 5) is 11.9. The third-order valence-corrected chi connectivity index (χ3v) is 3.85. The highest BCUT2D eigenvalue weighted by atomic mass is 16.3. The maximum absolute atomic E-state index is 11.9. The average Bonchev–Trinajstić information content (AvgIpc) is 2.97. The van der Waals surface area contributed by atoms with Gasteiger partial charge >= 0.3 is 0 Å². The summed E-state index contributed by atoms with van der Waals surface area (Å²) in [6.45, 7) is 2.56. The maximum Gasteiger partial charge on any atom is 0.251 e. The van der Waals surface area contributed by atoms with Gasteiger partial charge in [0.15, 0.2) is 0 Å². The van der Waals surface area contributed by atoms with Gasteiger partial charge in [0, 0.05) is 29.8 Å². The van der Waals surface area contributed by atoms with Crippen LogP contribution in [0.4, 0.5) is 5.69 Å². The minimum atomic E-state index is -0.0335. The van der Waals surface area contributed by atoms with Gasteiger partial charge in [0.1, 0.15) is 5.76 Å². The van der Waals surface area contributed by atoms with Crippen LogP contribution >= 0.6 is 0 Å². The monoisotopic (exact) mass is 284 g/mol. The Kier molecular flexibility index (Phi) is 3.95. The molecule has 0 bridgehead atoms. The van der Waals surface area contributed by atoms with Gasteiger partial charge in [0.2, 0.25) is 0 Å². The number of anilines is 1. The summed E-state index contributed by atoms with van der Waals surface area (Å²) in [6.07, 6.45) is 4.97. The molecule has 0 fully saturated rings. The van der Waals surface area contributed by atoms with Crippen molar-refractivity contribution in [2.24, 2.45) is 0 Å². The molecule has 1 unspecified atom stereocenters. The zero-order valence-electron chi connectivity index (χ0n) is 12.2. The van der Waals surface area contributed by atoms with Crippen LogP contribution in [0.25, 0.3) is 0 Å². The summed E-state index contributed by atoms with van der Waals surface area (Å²) < 4.78 is 5.51. The largest absolute Gasteiger partial charge is 0.469 e. The Hall–Kier alpha value is -2.23. The van der Waals surface area contributed by atoms with E-state index in [1.807, 2.05) is 37.3 Å². The van der Waals surface area contributed by atoms with Gasteiger partial charge in [-0.05, 0) is 44.0 Å². The van der Waals surface area contributed by atoms with Crippen molar-refractivity contribution >= 4 is 11.6 Å². The molecule has 1 amide bonds. The van der Waals surface area contributed by atoms with Crippen molar-refractivity contribution in [2.45, 2.75) is 32.2 Å². The molecule has 1 atom stereocenters. The molecule has 3 rings (SSSR count). The molecule has 1 aromatic carbocycles. The molecule has 1 aromatic heterocycles. The second kappa shape index (κ2) is 6.04. The summed E-state index contributed by atoms with van der Waals surface area (Å²) in [7, 11) is 0. The topological polar surface area (TPSA) is 54.3 Å². The minimum Gasteiger partial charge on any atom is -0.469 e. The van der Waals surface area contributed by atoms with E-state index >= 15 is 0 Å². The van der Waals surface area contributed by atoms with Crippen molar-refractivity contribution in [1.82, 2.24) is 5.32 Å². The van der Waals surface area contributed by atoms with Crippen LogP contribution in [0.3, 0.4) is 0 Å². The Morgan fingerprint density at radius 2 is 2.29 bits per heavy atom. The summed E-state index contributed by atoms with van der Waals surface area (Å²) in [5.74, 6) is 1.05. The number of amides is 1. The van der Waals surface area contributed by atoms with Gasteiger partial charge in [-0.25, -0.2) is 0 Å². The number of benzene rings is 1. The molecular formula is C17H20N2O2. The lowest BCUT2D eigenvalue weighted by atomic mass is 9.93. The molecule has 0 aliphatic heterocycles. The Balaban J connectivity index is 1.77. The van der Waals surface area contributed by atoms with Crippen LogP contribution in [0, 0.1) is 0 Å². The summed E-state index contributed by atoms with van der Waals surface area (Å²) in [5.41, 5.74) is 2.90. The molecule has 1 aliphatic rings. The average molecular weight is 284 g/mol. The molecule has 2 N–H and O–H groups in total. The second-order valence-electron chi connectivity index (χ2n) is 5.33. The first-order chi connectivity index (χ1) is 10.3. The Bertz CT molecular complexity index is 633. The highest BCUT2D eigenvalue weighted by Crippen LogP contribution is 2.33. The zero-order chi connectivity index (χ0) is 14.7. The maximum atomic E-state index is 11.9. The molecule has 2 aromatic rings. The highest BCUT2D eigenvalue weighted by molar-refractivity contribution is 5.95. The Morgan fingerprint density at radius 3 is 3.14 bits per heavy atom.